The molecule has 0 amide bonds. The van der Waals surface area contributed by atoms with Crippen LogP contribution in [0.5, 0.6) is 0 Å². The van der Waals surface area contributed by atoms with Crippen LogP contribution in [0.15, 0.2) is 0 Å². The lowest BCUT2D eigenvalue weighted by atomic mass is 11.0. The zero-order valence-corrected chi connectivity index (χ0v) is 5.37. The van der Waals surface area contributed by atoms with E-state index in [0.717, 1.165) is 0 Å². The average molecular weight is 108 g/mol. The van der Waals surface area contributed by atoms with Crippen molar-refractivity contribution in [3.05, 3.63) is 0 Å². The molecule has 32 valence electrons. The maximum absolute atomic E-state index is 2.66. The zero-order chi connectivity index (χ0) is 4.12. The van der Waals surface area contributed by atoms with Crippen molar-refractivity contribution in [2.45, 2.75) is 6.92 Å². The lowest BCUT2D eigenvalue weighted by Crippen LogP contribution is -1.59. The summed E-state index contributed by atoms with van der Waals surface area (Å²) >= 11 is 1.93. The third-order valence-electron chi connectivity index (χ3n) is 0.322. The van der Waals surface area contributed by atoms with Crippen LogP contribution in [0.3, 0.4) is 0 Å². The fourth-order valence-corrected chi connectivity index (χ4v) is 1.06. The van der Waals surface area contributed by atoms with Crippen molar-refractivity contribution < 1.29 is 0 Å². The monoisotopic (exact) mass is 108 g/mol. The summed E-state index contributed by atoms with van der Waals surface area (Å²) in [7, 11) is 2.66. The van der Waals surface area contributed by atoms with Gasteiger partial charge in [0.05, 0.1) is 0 Å². The molecule has 0 aliphatic heterocycles. The molecular weight excluding hydrogens is 99.1 g/mol. The molecule has 2 heteroatoms. The number of thioether (sulfide) groups is 1. The van der Waals surface area contributed by atoms with Gasteiger partial charge in [0.1, 0.15) is 0 Å². The van der Waals surface area contributed by atoms with E-state index in [1.165, 1.54) is 11.2 Å². The van der Waals surface area contributed by atoms with E-state index < -0.39 is 0 Å². The molecule has 0 aliphatic rings. The SMILES string of the molecule is CCSCP. The van der Waals surface area contributed by atoms with E-state index in [-0.39, 0.29) is 0 Å². The zero-order valence-electron chi connectivity index (χ0n) is 3.40. The highest BCUT2D eigenvalue weighted by Gasteiger charge is 1.67. The van der Waals surface area contributed by atoms with E-state index in [0.29, 0.717) is 0 Å². The summed E-state index contributed by atoms with van der Waals surface area (Å²) < 4.78 is 0. The molecule has 1 atom stereocenters. The Morgan fingerprint density at radius 3 is 2.40 bits per heavy atom. The second-order valence-corrected chi connectivity index (χ2v) is 2.98. The topological polar surface area (TPSA) is 0 Å². The molecule has 0 aromatic carbocycles. The van der Waals surface area contributed by atoms with Crippen molar-refractivity contribution in [2.75, 3.05) is 11.2 Å². The fraction of sp³-hybridized carbons (Fsp3) is 1.00. The van der Waals surface area contributed by atoms with Crippen LogP contribution < -0.4 is 0 Å². The van der Waals surface area contributed by atoms with E-state index in [4.69, 9.17) is 0 Å². The maximum atomic E-state index is 2.66. The smallest absolute Gasteiger partial charge is 0.00787 e. The van der Waals surface area contributed by atoms with Gasteiger partial charge in [-0.05, 0) is 5.75 Å². The van der Waals surface area contributed by atoms with Gasteiger partial charge in [-0.1, -0.05) is 6.92 Å². The summed E-state index contributed by atoms with van der Waals surface area (Å²) in [6.45, 7) is 2.16. The third kappa shape index (κ3) is 4.78. The molecule has 0 radical (unpaired) electrons. The normalized spacial score (nSPS) is 8.40. The first-order valence-electron chi connectivity index (χ1n) is 1.69. The van der Waals surface area contributed by atoms with Crippen molar-refractivity contribution in [3.8, 4) is 0 Å². The average Bonchev–Trinajstić information content (AvgIpc) is 1.41. The summed E-state index contributed by atoms with van der Waals surface area (Å²) in [6, 6.07) is 0. The van der Waals surface area contributed by atoms with Gasteiger partial charge in [0.15, 0.2) is 0 Å². The van der Waals surface area contributed by atoms with Crippen LogP contribution >= 0.6 is 21.0 Å². The lowest BCUT2D eigenvalue weighted by molar-refractivity contribution is 1.53. The Morgan fingerprint density at radius 2 is 2.40 bits per heavy atom. The standard InChI is InChI=1S/C3H9PS/c1-2-5-3-4/h2-4H2,1H3. The lowest BCUT2D eigenvalue weighted by Gasteiger charge is -1.80. The Labute approximate surface area is 39.9 Å². The van der Waals surface area contributed by atoms with Gasteiger partial charge in [0.25, 0.3) is 0 Å². The molecule has 0 fully saturated rings. The molecular formula is C3H9PS. The number of hydrogen-bond donors (Lipinski definition) is 0. The Kier molecular flexibility index (Phi) is 5.53. The molecule has 0 N–H and O–H groups in total. The van der Waals surface area contributed by atoms with Crippen LogP contribution in [0, 0.1) is 0 Å². The third-order valence-corrected chi connectivity index (χ3v) is 1.67. The van der Waals surface area contributed by atoms with Crippen LogP contribution in [0.4, 0.5) is 0 Å². The van der Waals surface area contributed by atoms with E-state index in [1.807, 2.05) is 11.8 Å². The first kappa shape index (κ1) is 5.78. The van der Waals surface area contributed by atoms with Crippen molar-refractivity contribution in [1.29, 1.82) is 0 Å². The van der Waals surface area contributed by atoms with Crippen LogP contribution in [0.1, 0.15) is 6.92 Å². The van der Waals surface area contributed by atoms with Gasteiger partial charge in [-0.3, -0.25) is 0 Å². The Bertz CT molecular complexity index is 14.4. The van der Waals surface area contributed by atoms with Crippen LogP contribution in [0.25, 0.3) is 0 Å². The first-order valence-corrected chi connectivity index (χ1v) is 3.66. The highest BCUT2D eigenvalue weighted by atomic mass is 32.2. The van der Waals surface area contributed by atoms with E-state index in [1.54, 1.807) is 0 Å². The summed E-state index contributed by atoms with van der Waals surface area (Å²) in [6.07, 6.45) is 0. The largest absolute Gasteiger partial charge is 0.158 e. The molecule has 0 saturated heterocycles. The van der Waals surface area contributed by atoms with Gasteiger partial charge < -0.3 is 0 Å². The molecule has 1 unspecified atom stereocenters. The van der Waals surface area contributed by atoms with E-state index in [9.17, 15) is 0 Å². The van der Waals surface area contributed by atoms with Gasteiger partial charge in [0, 0.05) is 5.49 Å². The molecule has 0 aromatic heterocycles. The van der Waals surface area contributed by atoms with Gasteiger partial charge >= 0.3 is 0 Å². The summed E-state index contributed by atoms with van der Waals surface area (Å²) in [5, 5.41) is 0. The predicted octanol–water partition coefficient (Wildman–Crippen LogP) is 1.57. The minimum absolute atomic E-state index is 1.18. The Hall–Kier alpha value is 0.780. The van der Waals surface area contributed by atoms with E-state index >= 15 is 0 Å². The van der Waals surface area contributed by atoms with Crippen molar-refractivity contribution in [1.82, 2.24) is 0 Å². The molecule has 0 bridgehead atoms. The van der Waals surface area contributed by atoms with Gasteiger partial charge in [-0.15, -0.1) is 9.24 Å². The van der Waals surface area contributed by atoms with Crippen LogP contribution in [-0.4, -0.2) is 11.2 Å². The second-order valence-electron chi connectivity index (χ2n) is 0.659. The highest BCUT2D eigenvalue weighted by molar-refractivity contribution is 8.02. The molecule has 0 heterocycles. The van der Waals surface area contributed by atoms with Crippen molar-refractivity contribution >= 4 is 21.0 Å². The second kappa shape index (κ2) is 4.78. The molecule has 0 aliphatic carbocycles. The minimum atomic E-state index is 1.18. The minimum Gasteiger partial charge on any atom is -0.158 e. The number of rotatable bonds is 2. The van der Waals surface area contributed by atoms with Gasteiger partial charge in [0.2, 0.25) is 0 Å². The van der Waals surface area contributed by atoms with Gasteiger partial charge in [-0.25, -0.2) is 0 Å². The van der Waals surface area contributed by atoms with Crippen molar-refractivity contribution in [3.63, 3.8) is 0 Å². The highest BCUT2D eigenvalue weighted by Crippen LogP contribution is 2.00. The number of hydrogen-bond acceptors (Lipinski definition) is 1. The molecule has 0 rings (SSSR count). The van der Waals surface area contributed by atoms with Gasteiger partial charge in [-0.2, -0.15) is 11.8 Å². The fourth-order valence-electron chi connectivity index (χ4n) is 0.118. The van der Waals surface area contributed by atoms with E-state index in [2.05, 4.69) is 16.2 Å². The predicted molar refractivity (Wildman–Crippen MR) is 32.7 cm³/mol. The van der Waals surface area contributed by atoms with Crippen LogP contribution in [-0.2, 0) is 0 Å². The Morgan fingerprint density at radius 1 is 1.80 bits per heavy atom. The molecule has 0 saturated carbocycles. The summed E-state index contributed by atoms with van der Waals surface area (Å²) in [4.78, 5) is 0. The summed E-state index contributed by atoms with van der Waals surface area (Å²) in [5.41, 5.74) is 1.18. The van der Waals surface area contributed by atoms with Crippen LogP contribution in [0.2, 0.25) is 0 Å². The molecule has 0 aromatic rings. The Balaban J connectivity index is 2.19. The quantitative estimate of drug-likeness (QED) is 0.484. The maximum Gasteiger partial charge on any atom is 0.00787 e. The van der Waals surface area contributed by atoms with Crippen molar-refractivity contribution in [2.24, 2.45) is 0 Å². The first-order chi connectivity index (χ1) is 2.41. The molecule has 5 heavy (non-hydrogen) atoms. The molecule has 0 spiro atoms. The molecule has 0 nitrogen and oxygen atoms in total. The summed E-state index contributed by atoms with van der Waals surface area (Å²) in [5.74, 6) is 1.24.